The van der Waals surface area contributed by atoms with E-state index in [-0.39, 0.29) is 12.4 Å². The molecule has 0 fully saturated rings. The van der Waals surface area contributed by atoms with Gasteiger partial charge in [0.05, 0.1) is 12.2 Å². The van der Waals surface area contributed by atoms with Gasteiger partial charge in [-0.15, -0.1) is 0 Å². The Morgan fingerprint density at radius 1 is 1.38 bits per heavy atom. The number of nitrogens with zero attached hydrogens (tertiary/aromatic N) is 1. The van der Waals surface area contributed by atoms with E-state index in [0.717, 1.165) is 6.42 Å². The van der Waals surface area contributed by atoms with E-state index in [1.54, 1.807) is 19.1 Å². The largest absolute Gasteiger partial charge is 0.481 e. The van der Waals surface area contributed by atoms with E-state index in [0.29, 0.717) is 36.9 Å². The van der Waals surface area contributed by atoms with E-state index in [9.17, 15) is 9.59 Å². The van der Waals surface area contributed by atoms with Crippen molar-refractivity contribution in [3.63, 3.8) is 0 Å². The normalized spacial score (nSPS) is 11.7. The Morgan fingerprint density at radius 2 is 2.14 bits per heavy atom. The molecule has 1 rings (SSSR count). The van der Waals surface area contributed by atoms with Gasteiger partial charge in [-0.1, -0.05) is 6.92 Å². The van der Waals surface area contributed by atoms with Crippen LogP contribution in [0, 0.1) is 5.92 Å². The lowest BCUT2D eigenvalue weighted by molar-refractivity contribution is -0.137. The molecule has 1 heterocycles. The average Bonchev–Trinajstić information content (AvgIpc) is 2.46. The molecule has 0 bridgehead atoms. The van der Waals surface area contributed by atoms with Crippen molar-refractivity contribution in [1.82, 2.24) is 4.98 Å². The second-order valence-electron chi connectivity index (χ2n) is 4.91. The highest BCUT2D eigenvalue weighted by Gasteiger charge is 2.07. The number of hydrogen-bond donors (Lipinski definition) is 2. The first-order valence-corrected chi connectivity index (χ1v) is 7.11. The highest BCUT2D eigenvalue weighted by atomic mass is 16.5. The van der Waals surface area contributed by atoms with Crippen molar-refractivity contribution in [2.24, 2.45) is 5.92 Å². The minimum absolute atomic E-state index is 0.202. The SMILES string of the molecule is CCOC(=O)c1ccc(NCCC(C)CCC(=O)O)nc1. The van der Waals surface area contributed by atoms with Gasteiger partial charge in [-0.3, -0.25) is 4.79 Å². The van der Waals surface area contributed by atoms with Crippen LogP contribution in [-0.4, -0.2) is 35.2 Å². The molecule has 0 amide bonds. The number of anilines is 1. The maximum atomic E-state index is 11.5. The number of aromatic nitrogens is 1. The Balaban J connectivity index is 2.32. The molecule has 2 N–H and O–H groups in total. The van der Waals surface area contributed by atoms with Crippen LogP contribution in [0.15, 0.2) is 18.3 Å². The van der Waals surface area contributed by atoms with Crippen molar-refractivity contribution in [3.8, 4) is 0 Å². The second-order valence-corrected chi connectivity index (χ2v) is 4.91. The molecular formula is C15H22N2O4. The minimum atomic E-state index is -0.758. The maximum Gasteiger partial charge on any atom is 0.339 e. The van der Waals surface area contributed by atoms with Crippen molar-refractivity contribution in [1.29, 1.82) is 0 Å². The summed E-state index contributed by atoms with van der Waals surface area (Å²) < 4.78 is 4.88. The van der Waals surface area contributed by atoms with Crippen molar-refractivity contribution in [3.05, 3.63) is 23.9 Å². The lowest BCUT2D eigenvalue weighted by atomic mass is 10.0. The van der Waals surface area contributed by atoms with Crippen molar-refractivity contribution < 1.29 is 19.4 Å². The van der Waals surface area contributed by atoms with Gasteiger partial charge in [-0.2, -0.15) is 0 Å². The van der Waals surface area contributed by atoms with Crippen LogP contribution in [0.25, 0.3) is 0 Å². The van der Waals surface area contributed by atoms with E-state index in [1.807, 2.05) is 6.92 Å². The molecule has 1 aromatic heterocycles. The number of esters is 1. The van der Waals surface area contributed by atoms with Crippen LogP contribution in [-0.2, 0) is 9.53 Å². The molecule has 116 valence electrons. The van der Waals surface area contributed by atoms with Crippen LogP contribution in [0.4, 0.5) is 5.82 Å². The molecule has 6 nitrogen and oxygen atoms in total. The third kappa shape index (κ3) is 6.74. The standard InChI is InChI=1S/C15H22N2O4/c1-3-21-15(20)12-5-6-13(17-10-12)16-9-8-11(2)4-7-14(18)19/h5-6,10-11H,3-4,7-9H2,1-2H3,(H,16,17)(H,18,19). The first-order chi connectivity index (χ1) is 10.0. The van der Waals surface area contributed by atoms with Gasteiger partial charge in [0.1, 0.15) is 5.82 Å². The summed E-state index contributed by atoms with van der Waals surface area (Å²) in [6, 6.07) is 3.40. The number of carbonyl (C=O) groups is 2. The second kappa shape index (κ2) is 8.94. The molecule has 0 saturated heterocycles. The number of hydrogen-bond acceptors (Lipinski definition) is 5. The summed E-state index contributed by atoms with van der Waals surface area (Å²) in [5.74, 6) is -0.106. The van der Waals surface area contributed by atoms with Gasteiger partial charge in [0.15, 0.2) is 0 Å². The number of carboxylic acids is 1. The first kappa shape index (κ1) is 16.9. The molecule has 21 heavy (non-hydrogen) atoms. The van der Waals surface area contributed by atoms with E-state index in [1.165, 1.54) is 6.20 Å². The van der Waals surface area contributed by atoms with Gasteiger partial charge in [0.25, 0.3) is 0 Å². The van der Waals surface area contributed by atoms with Crippen molar-refractivity contribution in [2.45, 2.75) is 33.1 Å². The topological polar surface area (TPSA) is 88.5 Å². The number of nitrogens with one attached hydrogen (secondary N) is 1. The fourth-order valence-corrected chi connectivity index (χ4v) is 1.79. The van der Waals surface area contributed by atoms with Gasteiger partial charge in [-0.25, -0.2) is 9.78 Å². The molecule has 0 spiro atoms. The van der Waals surface area contributed by atoms with Crippen LogP contribution >= 0.6 is 0 Å². The summed E-state index contributed by atoms with van der Waals surface area (Å²) in [5, 5.41) is 11.8. The first-order valence-electron chi connectivity index (χ1n) is 7.11. The van der Waals surface area contributed by atoms with E-state index >= 15 is 0 Å². The molecule has 1 atom stereocenters. The zero-order valence-electron chi connectivity index (χ0n) is 12.5. The molecule has 0 aliphatic heterocycles. The third-order valence-corrected chi connectivity index (χ3v) is 3.07. The van der Waals surface area contributed by atoms with E-state index in [4.69, 9.17) is 9.84 Å². The lowest BCUT2D eigenvalue weighted by Gasteiger charge is -2.11. The molecule has 0 aliphatic carbocycles. The highest BCUT2D eigenvalue weighted by Crippen LogP contribution is 2.11. The Morgan fingerprint density at radius 3 is 2.71 bits per heavy atom. The molecule has 6 heteroatoms. The lowest BCUT2D eigenvalue weighted by Crippen LogP contribution is -2.10. The van der Waals surface area contributed by atoms with Gasteiger partial charge in [0, 0.05) is 19.2 Å². The minimum Gasteiger partial charge on any atom is -0.481 e. The summed E-state index contributed by atoms with van der Waals surface area (Å²) in [5.41, 5.74) is 0.428. The zero-order valence-corrected chi connectivity index (χ0v) is 12.5. The number of rotatable bonds is 9. The molecule has 0 aliphatic rings. The van der Waals surface area contributed by atoms with Crippen LogP contribution in [0.2, 0.25) is 0 Å². The summed E-state index contributed by atoms with van der Waals surface area (Å²) in [6.07, 6.45) is 3.22. The Kier molecular flexibility index (Phi) is 7.21. The van der Waals surface area contributed by atoms with Gasteiger partial charge in [-0.05, 0) is 37.8 Å². The summed E-state index contributed by atoms with van der Waals surface area (Å²) in [6.45, 7) is 4.84. The number of pyridine rings is 1. The maximum absolute atomic E-state index is 11.5. The molecule has 0 radical (unpaired) electrons. The summed E-state index contributed by atoms with van der Waals surface area (Å²) >= 11 is 0. The third-order valence-electron chi connectivity index (χ3n) is 3.07. The van der Waals surface area contributed by atoms with Crippen LogP contribution in [0.5, 0.6) is 0 Å². The van der Waals surface area contributed by atoms with E-state index < -0.39 is 5.97 Å². The van der Waals surface area contributed by atoms with Crippen molar-refractivity contribution in [2.75, 3.05) is 18.5 Å². The monoisotopic (exact) mass is 294 g/mol. The molecule has 1 aromatic rings. The molecule has 1 unspecified atom stereocenters. The van der Waals surface area contributed by atoms with Gasteiger partial charge < -0.3 is 15.2 Å². The Hall–Kier alpha value is -2.11. The Labute approximate surface area is 124 Å². The number of carboxylic acid groups (broad SMARTS) is 1. The van der Waals surface area contributed by atoms with Crippen molar-refractivity contribution >= 4 is 17.8 Å². The quantitative estimate of drug-likeness (QED) is 0.680. The molecule has 0 aromatic carbocycles. The number of carbonyl (C=O) groups excluding carboxylic acids is 1. The summed E-state index contributed by atoms with van der Waals surface area (Å²) in [7, 11) is 0. The fraction of sp³-hybridized carbons (Fsp3) is 0.533. The summed E-state index contributed by atoms with van der Waals surface area (Å²) in [4.78, 5) is 26.1. The Bertz CT molecular complexity index is 459. The highest BCUT2D eigenvalue weighted by molar-refractivity contribution is 5.89. The number of aliphatic carboxylic acids is 1. The fourth-order valence-electron chi connectivity index (χ4n) is 1.79. The van der Waals surface area contributed by atoms with Gasteiger partial charge >= 0.3 is 11.9 Å². The molecular weight excluding hydrogens is 272 g/mol. The predicted molar refractivity (Wildman–Crippen MR) is 79.3 cm³/mol. The number of ether oxygens (including phenoxy) is 1. The zero-order chi connectivity index (χ0) is 15.7. The van der Waals surface area contributed by atoms with Crippen LogP contribution < -0.4 is 5.32 Å². The molecule has 0 saturated carbocycles. The predicted octanol–water partition coefficient (Wildman–Crippen LogP) is 2.56. The average molecular weight is 294 g/mol. The van der Waals surface area contributed by atoms with Crippen LogP contribution in [0.3, 0.4) is 0 Å². The smallest absolute Gasteiger partial charge is 0.339 e. The van der Waals surface area contributed by atoms with Gasteiger partial charge in [0.2, 0.25) is 0 Å². The van der Waals surface area contributed by atoms with E-state index in [2.05, 4.69) is 10.3 Å². The van der Waals surface area contributed by atoms with Crippen LogP contribution in [0.1, 0.15) is 43.5 Å².